The Hall–Kier alpha value is -2.21. The van der Waals surface area contributed by atoms with E-state index in [-0.39, 0.29) is 5.02 Å². The molecule has 0 aliphatic carbocycles. The van der Waals surface area contributed by atoms with Gasteiger partial charge >= 0.3 is 0 Å². The third-order valence-electron chi connectivity index (χ3n) is 3.61. The van der Waals surface area contributed by atoms with Crippen molar-refractivity contribution < 1.29 is 4.39 Å². The largest absolute Gasteiger partial charge is 0.340 e. The van der Waals surface area contributed by atoms with Gasteiger partial charge in [0.2, 0.25) is 0 Å². The van der Waals surface area contributed by atoms with E-state index in [4.69, 9.17) is 23.2 Å². The monoisotopic (exact) mass is 389 g/mol. The zero-order chi connectivity index (χ0) is 17.4. The number of benzene rings is 2. The molecular formula is C18H10Cl2FN3S. The highest BCUT2D eigenvalue weighted by atomic mass is 35.5. The number of para-hydroxylation sites is 1. The summed E-state index contributed by atoms with van der Waals surface area (Å²) in [5.74, 6) is 0.674. The lowest BCUT2D eigenvalue weighted by atomic mass is 10.2. The van der Waals surface area contributed by atoms with Crippen LogP contribution >= 0.6 is 34.5 Å². The van der Waals surface area contributed by atoms with Crippen molar-refractivity contribution in [3.05, 3.63) is 69.8 Å². The fourth-order valence-corrected chi connectivity index (χ4v) is 3.69. The van der Waals surface area contributed by atoms with Crippen LogP contribution in [-0.4, -0.2) is 9.97 Å². The van der Waals surface area contributed by atoms with Gasteiger partial charge in [0.1, 0.15) is 11.6 Å². The summed E-state index contributed by atoms with van der Waals surface area (Å²) in [6.07, 6.45) is 0. The molecule has 2 aromatic carbocycles. The molecule has 0 saturated heterocycles. The maximum atomic E-state index is 13.4. The third kappa shape index (κ3) is 3.18. The number of thiophene rings is 1. The second-order valence-corrected chi connectivity index (χ2v) is 7.00. The second kappa shape index (κ2) is 6.59. The van der Waals surface area contributed by atoms with Crippen LogP contribution < -0.4 is 5.32 Å². The van der Waals surface area contributed by atoms with Gasteiger partial charge in [0.05, 0.1) is 20.4 Å². The molecule has 2 aromatic heterocycles. The highest BCUT2D eigenvalue weighted by Crippen LogP contribution is 2.34. The summed E-state index contributed by atoms with van der Waals surface area (Å²) < 4.78 is 13.4. The number of rotatable bonds is 3. The number of nitrogens with zero attached hydrogens (tertiary/aromatic N) is 2. The van der Waals surface area contributed by atoms with Crippen LogP contribution in [0.2, 0.25) is 10.0 Å². The standard InChI is InChI=1S/C18H10Cl2FN3S/c19-12-7-8-25-16(12)18-23-15-4-2-1-3-11(15)17(24-18)22-10-5-6-14(21)13(20)9-10/h1-9H,(H,22,23,24). The molecule has 2 heterocycles. The number of fused-ring (bicyclic) bond motifs is 1. The lowest BCUT2D eigenvalue weighted by molar-refractivity contribution is 0.628. The highest BCUT2D eigenvalue weighted by molar-refractivity contribution is 7.14. The molecule has 3 nitrogen and oxygen atoms in total. The van der Waals surface area contributed by atoms with Gasteiger partial charge in [-0.05, 0) is 41.8 Å². The Morgan fingerprint density at radius 2 is 1.80 bits per heavy atom. The molecule has 25 heavy (non-hydrogen) atoms. The molecule has 0 amide bonds. The van der Waals surface area contributed by atoms with Gasteiger partial charge in [0.25, 0.3) is 0 Å². The SMILES string of the molecule is Fc1ccc(Nc2nc(-c3sccc3Cl)nc3ccccc23)cc1Cl. The molecule has 0 spiro atoms. The average molecular weight is 390 g/mol. The summed E-state index contributed by atoms with van der Waals surface area (Å²) in [5, 5.41) is 6.59. The van der Waals surface area contributed by atoms with Gasteiger partial charge in [0.15, 0.2) is 5.82 Å². The first-order valence-electron chi connectivity index (χ1n) is 7.34. The van der Waals surface area contributed by atoms with Gasteiger partial charge in [0, 0.05) is 11.1 Å². The Labute approximate surface area is 157 Å². The van der Waals surface area contributed by atoms with Crippen molar-refractivity contribution in [3.63, 3.8) is 0 Å². The second-order valence-electron chi connectivity index (χ2n) is 5.26. The molecule has 0 atom stereocenters. The summed E-state index contributed by atoms with van der Waals surface area (Å²) >= 11 is 13.6. The lowest BCUT2D eigenvalue weighted by Crippen LogP contribution is -1.99. The summed E-state index contributed by atoms with van der Waals surface area (Å²) in [6, 6.07) is 13.9. The summed E-state index contributed by atoms with van der Waals surface area (Å²) in [7, 11) is 0. The smallest absolute Gasteiger partial charge is 0.173 e. The van der Waals surface area contributed by atoms with Crippen molar-refractivity contribution in [3.8, 4) is 10.7 Å². The molecule has 0 aliphatic heterocycles. The normalized spacial score (nSPS) is 11.0. The van der Waals surface area contributed by atoms with E-state index in [0.717, 1.165) is 15.8 Å². The average Bonchev–Trinajstić information content (AvgIpc) is 3.04. The molecule has 0 saturated carbocycles. The van der Waals surface area contributed by atoms with Crippen molar-refractivity contribution in [2.45, 2.75) is 0 Å². The molecule has 0 aliphatic rings. The van der Waals surface area contributed by atoms with Gasteiger partial charge in [-0.1, -0.05) is 35.3 Å². The van der Waals surface area contributed by atoms with Crippen molar-refractivity contribution in [1.29, 1.82) is 0 Å². The maximum absolute atomic E-state index is 13.4. The van der Waals surface area contributed by atoms with Crippen LogP contribution in [0.5, 0.6) is 0 Å². The van der Waals surface area contributed by atoms with E-state index in [1.54, 1.807) is 6.07 Å². The number of anilines is 2. The number of hydrogen-bond donors (Lipinski definition) is 1. The maximum Gasteiger partial charge on any atom is 0.173 e. The van der Waals surface area contributed by atoms with Crippen LogP contribution in [0.3, 0.4) is 0 Å². The van der Waals surface area contributed by atoms with Crippen molar-refractivity contribution >= 4 is 56.9 Å². The molecule has 0 unspecified atom stereocenters. The molecule has 4 rings (SSSR count). The molecule has 4 aromatic rings. The van der Waals surface area contributed by atoms with Crippen LogP contribution in [-0.2, 0) is 0 Å². The van der Waals surface area contributed by atoms with Gasteiger partial charge < -0.3 is 5.32 Å². The fraction of sp³-hybridized carbons (Fsp3) is 0. The van der Waals surface area contributed by atoms with Gasteiger partial charge in [-0.3, -0.25) is 0 Å². The van der Waals surface area contributed by atoms with Crippen LogP contribution in [0.4, 0.5) is 15.9 Å². The number of halogens is 3. The molecule has 124 valence electrons. The van der Waals surface area contributed by atoms with Crippen LogP contribution in [0.25, 0.3) is 21.6 Å². The highest BCUT2D eigenvalue weighted by Gasteiger charge is 2.13. The fourth-order valence-electron chi connectivity index (χ4n) is 2.44. The summed E-state index contributed by atoms with van der Waals surface area (Å²) in [6.45, 7) is 0. The van der Waals surface area contributed by atoms with E-state index < -0.39 is 5.82 Å². The van der Waals surface area contributed by atoms with Crippen LogP contribution in [0, 0.1) is 5.82 Å². The first-order chi connectivity index (χ1) is 12.1. The summed E-state index contributed by atoms with van der Waals surface area (Å²) in [4.78, 5) is 10.0. The lowest BCUT2D eigenvalue weighted by Gasteiger charge is -2.11. The van der Waals surface area contributed by atoms with Crippen LogP contribution in [0.15, 0.2) is 53.9 Å². The van der Waals surface area contributed by atoms with E-state index in [1.165, 1.54) is 23.5 Å². The van der Waals surface area contributed by atoms with Gasteiger partial charge in [-0.25, -0.2) is 14.4 Å². The van der Waals surface area contributed by atoms with Crippen molar-refractivity contribution in [2.75, 3.05) is 5.32 Å². The molecule has 0 bridgehead atoms. The molecule has 7 heteroatoms. The summed E-state index contributed by atoms with van der Waals surface area (Å²) in [5.41, 5.74) is 1.42. The Balaban J connectivity index is 1.86. The van der Waals surface area contributed by atoms with E-state index >= 15 is 0 Å². The van der Waals surface area contributed by atoms with Gasteiger partial charge in [-0.15, -0.1) is 11.3 Å². The van der Waals surface area contributed by atoms with E-state index in [0.29, 0.717) is 22.4 Å². The Bertz CT molecular complexity index is 1080. The van der Waals surface area contributed by atoms with Crippen molar-refractivity contribution in [2.24, 2.45) is 0 Å². The van der Waals surface area contributed by atoms with E-state index in [1.807, 2.05) is 35.7 Å². The minimum atomic E-state index is -0.467. The quantitative estimate of drug-likeness (QED) is 0.431. The molecule has 0 fully saturated rings. The molecule has 0 radical (unpaired) electrons. The Morgan fingerprint density at radius 1 is 0.960 bits per heavy atom. The minimum absolute atomic E-state index is 0.0462. The zero-order valence-corrected chi connectivity index (χ0v) is 15.0. The Morgan fingerprint density at radius 3 is 2.56 bits per heavy atom. The van der Waals surface area contributed by atoms with Crippen LogP contribution in [0.1, 0.15) is 0 Å². The molecule has 1 N–H and O–H groups in total. The topological polar surface area (TPSA) is 37.8 Å². The van der Waals surface area contributed by atoms with E-state index in [9.17, 15) is 4.39 Å². The minimum Gasteiger partial charge on any atom is -0.340 e. The first kappa shape index (κ1) is 16.3. The zero-order valence-electron chi connectivity index (χ0n) is 12.6. The predicted molar refractivity (Wildman–Crippen MR) is 103 cm³/mol. The number of hydrogen-bond acceptors (Lipinski definition) is 4. The first-order valence-corrected chi connectivity index (χ1v) is 8.97. The predicted octanol–water partition coefficient (Wildman–Crippen LogP) is 6.55. The third-order valence-corrected chi connectivity index (χ3v) is 5.23. The van der Waals surface area contributed by atoms with Crippen molar-refractivity contribution in [1.82, 2.24) is 9.97 Å². The number of nitrogens with one attached hydrogen (secondary N) is 1. The Kier molecular flexibility index (Phi) is 4.29. The van der Waals surface area contributed by atoms with Gasteiger partial charge in [-0.2, -0.15) is 0 Å². The molecular weight excluding hydrogens is 380 g/mol. The number of aromatic nitrogens is 2. The van der Waals surface area contributed by atoms with E-state index in [2.05, 4.69) is 15.3 Å².